The van der Waals surface area contributed by atoms with E-state index < -0.39 is 0 Å². The van der Waals surface area contributed by atoms with Crippen LogP contribution in [0.15, 0.2) is 0 Å². The molecule has 1 amide bonds. The van der Waals surface area contributed by atoms with Crippen LogP contribution in [0.5, 0.6) is 0 Å². The third-order valence-electron chi connectivity index (χ3n) is 3.06. The van der Waals surface area contributed by atoms with Gasteiger partial charge < -0.3 is 15.8 Å². The molecule has 3 N–H and O–H groups in total. The average Bonchev–Trinajstić information content (AvgIpc) is 2.18. The van der Waals surface area contributed by atoms with Gasteiger partial charge in [0.1, 0.15) is 6.10 Å². The molecule has 0 aromatic rings. The quantitative estimate of drug-likeness (QED) is 0.730. The standard InChI is InChI=1S/C11H22N2O2/c1-8(12)11(2,3)13-10(14)9-6-4-5-7-15-9/h8-9H,4-7,12H2,1-3H3,(H,13,14). The molecule has 4 nitrogen and oxygen atoms in total. The van der Waals surface area contributed by atoms with Gasteiger partial charge in [-0.3, -0.25) is 4.79 Å². The van der Waals surface area contributed by atoms with E-state index in [0.717, 1.165) is 19.3 Å². The van der Waals surface area contributed by atoms with Crippen molar-refractivity contribution in [3.05, 3.63) is 0 Å². The molecule has 0 saturated carbocycles. The van der Waals surface area contributed by atoms with Crippen LogP contribution in [0.3, 0.4) is 0 Å². The second-order valence-corrected chi connectivity index (χ2v) is 4.85. The second kappa shape index (κ2) is 4.94. The number of carbonyl (C=O) groups is 1. The van der Waals surface area contributed by atoms with E-state index in [2.05, 4.69) is 5.32 Å². The molecule has 1 fully saturated rings. The summed E-state index contributed by atoms with van der Waals surface area (Å²) < 4.78 is 5.41. The van der Waals surface area contributed by atoms with Crippen LogP contribution < -0.4 is 11.1 Å². The first-order chi connectivity index (χ1) is 6.93. The molecule has 0 bridgehead atoms. The first-order valence-corrected chi connectivity index (χ1v) is 5.62. The lowest BCUT2D eigenvalue weighted by atomic mass is 9.96. The van der Waals surface area contributed by atoms with Gasteiger partial charge in [0.25, 0.3) is 0 Å². The van der Waals surface area contributed by atoms with Gasteiger partial charge in [0.05, 0.1) is 0 Å². The molecule has 15 heavy (non-hydrogen) atoms. The number of hydrogen-bond acceptors (Lipinski definition) is 3. The molecule has 1 heterocycles. The maximum absolute atomic E-state index is 11.8. The molecular weight excluding hydrogens is 192 g/mol. The number of nitrogens with two attached hydrogens (primary N) is 1. The van der Waals surface area contributed by atoms with Crippen molar-refractivity contribution in [3.8, 4) is 0 Å². The Bertz CT molecular complexity index is 221. The molecule has 0 aliphatic carbocycles. The minimum atomic E-state index is -0.377. The maximum atomic E-state index is 11.8. The lowest BCUT2D eigenvalue weighted by Crippen LogP contribution is -2.57. The van der Waals surface area contributed by atoms with Gasteiger partial charge in [-0.2, -0.15) is 0 Å². The van der Waals surface area contributed by atoms with Gasteiger partial charge in [-0.25, -0.2) is 0 Å². The highest BCUT2D eigenvalue weighted by molar-refractivity contribution is 5.81. The lowest BCUT2D eigenvalue weighted by Gasteiger charge is -2.33. The maximum Gasteiger partial charge on any atom is 0.249 e. The number of carbonyl (C=O) groups excluding carboxylic acids is 1. The van der Waals surface area contributed by atoms with Crippen molar-refractivity contribution in [3.63, 3.8) is 0 Å². The van der Waals surface area contributed by atoms with E-state index in [9.17, 15) is 4.79 Å². The fourth-order valence-electron chi connectivity index (χ4n) is 1.46. The van der Waals surface area contributed by atoms with E-state index in [-0.39, 0.29) is 23.6 Å². The molecule has 0 radical (unpaired) electrons. The van der Waals surface area contributed by atoms with Crippen molar-refractivity contribution >= 4 is 5.91 Å². The lowest BCUT2D eigenvalue weighted by molar-refractivity contribution is -0.137. The highest BCUT2D eigenvalue weighted by Crippen LogP contribution is 2.14. The number of ether oxygens (including phenoxy) is 1. The molecule has 1 rings (SSSR count). The van der Waals surface area contributed by atoms with Crippen molar-refractivity contribution in [1.29, 1.82) is 0 Å². The first kappa shape index (κ1) is 12.5. The summed E-state index contributed by atoms with van der Waals surface area (Å²) in [6, 6.07) is -0.0787. The van der Waals surface area contributed by atoms with E-state index in [1.54, 1.807) is 0 Å². The van der Waals surface area contributed by atoms with E-state index in [1.807, 2.05) is 20.8 Å². The predicted molar refractivity (Wildman–Crippen MR) is 59.5 cm³/mol. The van der Waals surface area contributed by atoms with Gasteiger partial charge in [-0.1, -0.05) is 0 Å². The molecule has 2 atom stereocenters. The summed E-state index contributed by atoms with van der Waals surface area (Å²) in [6.07, 6.45) is 2.66. The van der Waals surface area contributed by atoms with Gasteiger partial charge in [-0.15, -0.1) is 0 Å². The van der Waals surface area contributed by atoms with E-state index in [0.29, 0.717) is 6.61 Å². The van der Waals surface area contributed by atoms with Crippen LogP contribution in [0.25, 0.3) is 0 Å². The van der Waals surface area contributed by atoms with Gasteiger partial charge in [-0.05, 0) is 40.0 Å². The van der Waals surface area contributed by atoms with Crippen LogP contribution >= 0.6 is 0 Å². The minimum absolute atomic E-state index is 0.0306. The van der Waals surface area contributed by atoms with Crippen molar-refractivity contribution < 1.29 is 9.53 Å². The van der Waals surface area contributed by atoms with Crippen molar-refractivity contribution in [2.75, 3.05) is 6.61 Å². The topological polar surface area (TPSA) is 64.3 Å². The van der Waals surface area contributed by atoms with Crippen LogP contribution in [0.4, 0.5) is 0 Å². The monoisotopic (exact) mass is 214 g/mol. The molecule has 4 heteroatoms. The molecule has 1 saturated heterocycles. The fourth-order valence-corrected chi connectivity index (χ4v) is 1.46. The van der Waals surface area contributed by atoms with Gasteiger partial charge in [0.2, 0.25) is 5.91 Å². The Morgan fingerprint density at radius 2 is 2.20 bits per heavy atom. The summed E-state index contributed by atoms with van der Waals surface area (Å²) in [5, 5.41) is 2.94. The molecular formula is C11H22N2O2. The largest absolute Gasteiger partial charge is 0.368 e. The Kier molecular flexibility index (Phi) is 4.11. The Balaban J connectivity index is 2.47. The molecule has 2 unspecified atom stereocenters. The third-order valence-corrected chi connectivity index (χ3v) is 3.06. The van der Waals surface area contributed by atoms with Crippen molar-refractivity contribution in [2.24, 2.45) is 5.73 Å². The Labute approximate surface area is 91.5 Å². The first-order valence-electron chi connectivity index (χ1n) is 5.62. The normalized spacial score (nSPS) is 24.7. The Hall–Kier alpha value is -0.610. The molecule has 1 aliphatic rings. The molecule has 0 aromatic carbocycles. The SMILES string of the molecule is CC(N)C(C)(C)NC(=O)C1CCCCO1. The molecule has 0 aromatic heterocycles. The zero-order valence-electron chi connectivity index (χ0n) is 9.88. The predicted octanol–water partition coefficient (Wildman–Crippen LogP) is 0.797. The number of amides is 1. The number of rotatable bonds is 3. The van der Waals surface area contributed by atoms with Crippen molar-refractivity contribution in [1.82, 2.24) is 5.32 Å². The summed E-state index contributed by atoms with van der Waals surface area (Å²) >= 11 is 0. The Morgan fingerprint density at radius 1 is 1.53 bits per heavy atom. The smallest absolute Gasteiger partial charge is 0.249 e. The van der Waals surface area contributed by atoms with E-state index >= 15 is 0 Å². The summed E-state index contributed by atoms with van der Waals surface area (Å²) in [5.74, 6) is -0.0306. The summed E-state index contributed by atoms with van der Waals surface area (Å²) in [6.45, 7) is 6.44. The zero-order chi connectivity index (χ0) is 11.5. The highest BCUT2D eigenvalue weighted by atomic mass is 16.5. The second-order valence-electron chi connectivity index (χ2n) is 4.85. The van der Waals surface area contributed by atoms with Crippen LogP contribution in [0, 0.1) is 0 Å². The molecule has 0 spiro atoms. The van der Waals surface area contributed by atoms with Crippen LogP contribution in [-0.4, -0.2) is 30.2 Å². The molecule has 88 valence electrons. The van der Waals surface area contributed by atoms with E-state index in [1.165, 1.54) is 0 Å². The van der Waals surface area contributed by atoms with Crippen LogP contribution in [0.1, 0.15) is 40.0 Å². The van der Waals surface area contributed by atoms with Gasteiger partial charge in [0.15, 0.2) is 0 Å². The highest BCUT2D eigenvalue weighted by Gasteiger charge is 2.29. The zero-order valence-corrected chi connectivity index (χ0v) is 9.88. The fraction of sp³-hybridized carbons (Fsp3) is 0.909. The molecule has 1 aliphatic heterocycles. The van der Waals surface area contributed by atoms with Crippen LogP contribution in [-0.2, 0) is 9.53 Å². The number of hydrogen-bond donors (Lipinski definition) is 2. The summed E-state index contributed by atoms with van der Waals surface area (Å²) in [4.78, 5) is 11.8. The van der Waals surface area contributed by atoms with Gasteiger partial charge in [0, 0.05) is 18.2 Å². The average molecular weight is 214 g/mol. The van der Waals surface area contributed by atoms with E-state index in [4.69, 9.17) is 10.5 Å². The third kappa shape index (κ3) is 3.47. The van der Waals surface area contributed by atoms with Crippen LogP contribution in [0.2, 0.25) is 0 Å². The summed E-state index contributed by atoms with van der Waals surface area (Å²) in [5.41, 5.74) is 5.42. The summed E-state index contributed by atoms with van der Waals surface area (Å²) in [7, 11) is 0. The number of nitrogens with one attached hydrogen (secondary N) is 1. The van der Waals surface area contributed by atoms with Gasteiger partial charge >= 0.3 is 0 Å². The Morgan fingerprint density at radius 3 is 2.67 bits per heavy atom. The van der Waals surface area contributed by atoms with Crippen molar-refractivity contribution in [2.45, 2.75) is 57.7 Å². The minimum Gasteiger partial charge on any atom is -0.368 e.